The van der Waals surface area contributed by atoms with Crippen molar-refractivity contribution in [1.29, 1.82) is 0 Å². The van der Waals surface area contributed by atoms with E-state index in [1.165, 1.54) is 5.56 Å². The molecule has 0 radical (unpaired) electrons. The molecule has 0 saturated heterocycles. The Bertz CT molecular complexity index is 688. The van der Waals surface area contributed by atoms with E-state index in [4.69, 9.17) is 11.6 Å². The normalized spacial score (nSPS) is 10.5. The Morgan fingerprint density at radius 1 is 1.12 bits per heavy atom. The monoisotopic (exact) mass is 360 g/mol. The molecule has 0 aliphatic rings. The molecule has 5 nitrogen and oxygen atoms in total. The van der Waals surface area contributed by atoms with Crippen LogP contribution in [0.15, 0.2) is 30.3 Å². The lowest BCUT2D eigenvalue weighted by atomic mass is 10.1. The van der Waals surface area contributed by atoms with Gasteiger partial charge in [-0.25, -0.2) is 9.97 Å². The third kappa shape index (κ3) is 6.70. The Balaban J connectivity index is 1.89. The van der Waals surface area contributed by atoms with Crippen LogP contribution in [0.2, 0.25) is 5.02 Å². The number of nitrogens with one attached hydrogen (secondary N) is 2. The van der Waals surface area contributed by atoms with Gasteiger partial charge in [0.15, 0.2) is 0 Å². The summed E-state index contributed by atoms with van der Waals surface area (Å²) in [5.74, 6) is 0.329. The molecular weight excluding hydrogens is 336 g/mol. The van der Waals surface area contributed by atoms with Crippen LogP contribution in [0.5, 0.6) is 0 Å². The Kier molecular flexibility index (Phi) is 7.67. The molecule has 2 aromatic rings. The lowest BCUT2D eigenvalue weighted by Crippen LogP contribution is -2.26. The van der Waals surface area contributed by atoms with Crippen LogP contribution in [0.3, 0.4) is 0 Å². The molecule has 6 heteroatoms. The first-order valence-corrected chi connectivity index (χ1v) is 9.08. The third-order valence-electron chi connectivity index (χ3n) is 3.76. The predicted molar refractivity (Wildman–Crippen MR) is 102 cm³/mol. The second-order valence-corrected chi connectivity index (χ2v) is 6.42. The van der Waals surface area contributed by atoms with E-state index in [9.17, 15) is 4.79 Å². The van der Waals surface area contributed by atoms with Crippen molar-refractivity contribution in [1.82, 2.24) is 15.3 Å². The van der Waals surface area contributed by atoms with Crippen LogP contribution in [0.4, 0.5) is 5.95 Å². The van der Waals surface area contributed by atoms with Gasteiger partial charge in [-0.2, -0.15) is 0 Å². The second-order valence-electron chi connectivity index (χ2n) is 5.98. The van der Waals surface area contributed by atoms with E-state index in [1.807, 2.05) is 31.2 Å². The number of anilines is 1. The Hall–Kier alpha value is -2.14. The number of unbranched alkanes of at least 4 members (excludes halogenated alkanes) is 2. The minimum absolute atomic E-state index is 0.151. The van der Waals surface area contributed by atoms with Gasteiger partial charge in [-0.3, -0.25) is 4.79 Å². The lowest BCUT2D eigenvalue weighted by Gasteiger charge is -2.09. The first-order valence-electron chi connectivity index (χ1n) is 8.70. The first-order chi connectivity index (χ1) is 12.1. The second kappa shape index (κ2) is 9.99. The molecule has 0 atom stereocenters. The molecule has 1 heterocycles. The standard InChI is InChI=1S/C19H25ClN4O/c1-3-4-5-11-21-18(25)17-13-14(2)23-19(24-17)22-12-10-15-6-8-16(20)9-7-15/h6-9,13H,3-5,10-12H2,1-2H3,(H,21,25)(H,22,23,24). The molecule has 0 unspecified atom stereocenters. The topological polar surface area (TPSA) is 66.9 Å². The highest BCUT2D eigenvalue weighted by Gasteiger charge is 2.10. The smallest absolute Gasteiger partial charge is 0.270 e. The molecule has 0 aliphatic carbocycles. The van der Waals surface area contributed by atoms with E-state index >= 15 is 0 Å². The van der Waals surface area contributed by atoms with E-state index in [-0.39, 0.29) is 5.91 Å². The van der Waals surface area contributed by atoms with Crippen molar-refractivity contribution in [3.05, 3.63) is 52.3 Å². The summed E-state index contributed by atoms with van der Waals surface area (Å²) in [6.07, 6.45) is 4.05. The average Bonchev–Trinajstić information content (AvgIpc) is 2.60. The number of amides is 1. The predicted octanol–water partition coefficient (Wildman–Crippen LogP) is 4.01. The zero-order chi connectivity index (χ0) is 18.1. The molecule has 0 aliphatic heterocycles. The van der Waals surface area contributed by atoms with E-state index in [0.717, 1.165) is 36.4 Å². The zero-order valence-electron chi connectivity index (χ0n) is 14.8. The highest BCUT2D eigenvalue weighted by atomic mass is 35.5. The molecule has 0 bridgehead atoms. The maximum absolute atomic E-state index is 12.2. The summed E-state index contributed by atoms with van der Waals surface area (Å²) >= 11 is 5.89. The van der Waals surface area contributed by atoms with Gasteiger partial charge in [0.2, 0.25) is 5.95 Å². The largest absolute Gasteiger partial charge is 0.354 e. The lowest BCUT2D eigenvalue weighted by molar-refractivity contribution is 0.0948. The quantitative estimate of drug-likeness (QED) is 0.663. The van der Waals surface area contributed by atoms with E-state index < -0.39 is 0 Å². The van der Waals surface area contributed by atoms with Crippen LogP contribution in [0, 0.1) is 6.92 Å². The number of halogens is 1. The van der Waals surface area contributed by atoms with Crippen molar-refractivity contribution >= 4 is 23.5 Å². The summed E-state index contributed by atoms with van der Waals surface area (Å²) in [5, 5.41) is 6.82. The molecule has 25 heavy (non-hydrogen) atoms. The Labute approximate surface area is 154 Å². The number of aryl methyl sites for hydroxylation is 1. The van der Waals surface area contributed by atoms with Gasteiger partial charge in [-0.05, 0) is 43.5 Å². The maximum Gasteiger partial charge on any atom is 0.270 e. The Morgan fingerprint density at radius 2 is 1.88 bits per heavy atom. The zero-order valence-corrected chi connectivity index (χ0v) is 15.6. The number of hydrogen-bond acceptors (Lipinski definition) is 4. The third-order valence-corrected chi connectivity index (χ3v) is 4.01. The number of rotatable bonds is 9. The molecule has 1 aromatic carbocycles. The van der Waals surface area contributed by atoms with Gasteiger partial charge >= 0.3 is 0 Å². The highest BCUT2D eigenvalue weighted by molar-refractivity contribution is 6.30. The fraction of sp³-hybridized carbons (Fsp3) is 0.421. The number of carbonyl (C=O) groups is 1. The van der Waals surface area contributed by atoms with E-state index in [2.05, 4.69) is 27.5 Å². The molecule has 134 valence electrons. The number of carbonyl (C=O) groups excluding carboxylic acids is 1. The number of hydrogen-bond donors (Lipinski definition) is 2. The van der Waals surface area contributed by atoms with Crippen LogP contribution in [-0.2, 0) is 6.42 Å². The molecule has 0 saturated carbocycles. The molecular formula is C19H25ClN4O. The molecule has 2 N–H and O–H groups in total. The molecule has 0 fully saturated rings. The summed E-state index contributed by atoms with van der Waals surface area (Å²) in [6.45, 7) is 5.36. The van der Waals surface area contributed by atoms with Crippen molar-refractivity contribution in [2.75, 3.05) is 18.4 Å². The maximum atomic E-state index is 12.2. The first kappa shape index (κ1) is 19.2. The summed E-state index contributed by atoms with van der Waals surface area (Å²) in [6, 6.07) is 9.45. The fourth-order valence-electron chi connectivity index (χ4n) is 2.40. The van der Waals surface area contributed by atoms with Gasteiger partial charge < -0.3 is 10.6 Å². The summed E-state index contributed by atoms with van der Waals surface area (Å²) in [5.41, 5.74) is 2.35. The molecule has 1 amide bonds. The summed E-state index contributed by atoms with van der Waals surface area (Å²) in [7, 11) is 0. The Morgan fingerprint density at radius 3 is 2.60 bits per heavy atom. The van der Waals surface area contributed by atoms with Gasteiger partial charge in [-0.15, -0.1) is 0 Å². The minimum atomic E-state index is -0.151. The minimum Gasteiger partial charge on any atom is -0.354 e. The van der Waals surface area contributed by atoms with Crippen molar-refractivity contribution in [2.45, 2.75) is 39.5 Å². The SMILES string of the molecule is CCCCCNC(=O)c1cc(C)nc(NCCc2ccc(Cl)cc2)n1. The van der Waals surface area contributed by atoms with Crippen LogP contribution in [-0.4, -0.2) is 29.0 Å². The van der Waals surface area contributed by atoms with E-state index in [1.54, 1.807) is 6.07 Å². The van der Waals surface area contributed by atoms with Gasteiger partial charge in [0.05, 0.1) is 0 Å². The average molecular weight is 361 g/mol. The summed E-state index contributed by atoms with van der Waals surface area (Å²) < 4.78 is 0. The van der Waals surface area contributed by atoms with Crippen molar-refractivity contribution in [3.8, 4) is 0 Å². The van der Waals surface area contributed by atoms with E-state index in [0.29, 0.717) is 24.7 Å². The van der Waals surface area contributed by atoms with Gasteiger partial charge in [0, 0.05) is 23.8 Å². The van der Waals surface area contributed by atoms with Crippen LogP contribution < -0.4 is 10.6 Å². The fourth-order valence-corrected chi connectivity index (χ4v) is 2.53. The number of aromatic nitrogens is 2. The van der Waals surface area contributed by atoms with Gasteiger partial charge in [0.1, 0.15) is 5.69 Å². The molecule has 0 spiro atoms. The summed E-state index contributed by atoms with van der Waals surface area (Å²) in [4.78, 5) is 20.9. The van der Waals surface area contributed by atoms with Crippen molar-refractivity contribution < 1.29 is 4.79 Å². The van der Waals surface area contributed by atoms with Crippen LogP contribution in [0.25, 0.3) is 0 Å². The molecule has 1 aromatic heterocycles. The van der Waals surface area contributed by atoms with Crippen LogP contribution in [0.1, 0.15) is 47.9 Å². The number of nitrogens with zero attached hydrogens (tertiary/aromatic N) is 2. The van der Waals surface area contributed by atoms with Crippen molar-refractivity contribution in [2.24, 2.45) is 0 Å². The van der Waals surface area contributed by atoms with Gasteiger partial charge in [0.25, 0.3) is 5.91 Å². The van der Waals surface area contributed by atoms with Crippen LogP contribution >= 0.6 is 11.6 Å². The highest BCUT2D eigenvalue weighted by Crippen LogP contribution is 2.10. The van der Waals surface area contributed by atoms with Crippen molar-refractivity contribution in [3.63, 3.8) is 0 Å². The molecule has 2 rings (SSSR count). The number of benzene rings is 1. The van der Waals surface area contributed by atoms with Gasteiger partial charge in [-0.1, -0.05) is 43.5 Å².